The maximum absolute atomic E-state index is 5.09. The van der Waals surface area contributed by atoms with Gasteiger partial charge >= 0.3 is 0 Å². The first-order valence-corrected chi connectivity index (χ1v) is 8.24. The van der Waals surface area contributed by atoms with Crippen molar-refractivity contribution in [1.29, 1.82) is 0 Å². The van der Waals surface area contributed by atoms with Gasteiger partial charge in [0.2, 0.25) is 0 Å². The number of hydrogen-bond donors (Lipinski definition) is 1. The molecule has 1 aromatic carbocycles. The highest BCUT2D eigenvalue weighted by atomic mass is 16.5. The number of methoxy groups -OCH3 is 1. The Balaban J connectivity index is 2.03. The minimum absolute atomic E-state index is 0.680. The van der Waals surface area contributed by atoms with Gasteiger partial charge in [-0.15, -0.1) is 0 Å². The van der Waals surface area contributed by atoms with E-state index in [1.807, 2.05) is 0 Å². The van der Waals surface area contributed by atoms with Gasteiger partial charge in [0.25, 0.3) is 0 Å². The summed E-state index contributed by atoms with van der Waals surface area (Å²) in [4.78, 5) is 2.51. The third kappa shape index (κ3) is 4.45. The Morgan fingerprint density at radius 2 is 2.00 bits per heavy atom. The summed E-state index contributed by atoms with van der Waals surface area (Å²) in [6, 6.07) is 9.46. The zero-order valence-corrected chi connectivity index (χ0v) is 13.8. The van der Waals surface area contributed by atoms with Crippen molar-refractivity contribution >= 4 is 5.69 Å². The number of ether oxygens (including phenoxy) is 1. The molecule has 1 saturated carbocycles. The van der Waals surface area contributed by atoms with E-state index < -0.39 is 0 Å². The number of hydrogen-bond acceptors (Lipinski definition) is 3. The van der Waals surface area contributed by atoms with Gasteiger partial charge in [0.05, 0.1) is 6.61 Å². The predicted octanol–water partition coefficient (Wildman–Crippen LogP) is 3.44. The van der Waals surface area contributed by atoms with Crippen LogP contribution in [0.25, 0.3) is 0 Å². The number of rotatable bonds is 7. The lowest BCUT2D eigenvalue weighted by molar-refractivity contribution is 0.199. The maximum Gasteiger partial charge on any atom is 0.0587 e. The monoisotopic (exact) mass is 290 g/mol. The summed E-state index contributed by atoms with van der Waals surface area (Å²) in [5.74, 6) is 0.790. The topological polar surface area (TPSA) is 24.5 Å². The second-order valence-corrected chi connectivity index (χ2v) is 6.24. The summed E-state index contributed by atoms with van der Waals surface area (Å²) >= 11 is 0. The summed E-state index contributed by atoms with van der Waals surface area (Å²) in [5.41, 5.74) is 2.76. The molecule has 2 atom stereocenters. The van der Waals surface area contributed by atoms with Gasteiger partial charge in [0.1, 0.15) is 0 Å². The van der Waals surface area contributed by atoms with E-state index in [0.717, 1.165) is 25.6 Å². The molecule has 3 nitrogen and oxygen atoms in total. The van der Waals surface area contributed by atoms with E-state index in [2.05, 4.69) is 48.5 Å². The van der Waals surface area contributed by atoms with Crippen LogP contribution in [0.15, 0.2) is 24.3 Å². The highest BCUT2D eigenvalue weighted by molar-refractivity contribution is 5.54. The summed E-state index contributed by atoms with van der Waals surface area (Å²) in [6.45, 7) is 4.97. The number of nitrogens with zero attached hydrogens (tertiary/aromatic N) is 1. The maximum atomic E-state index is 5.09. The minimum Gasteiger partial charge on any atom is -0.383 e. The molecule has 1 N–H and O–H groups in total. The fraction of sp³-hybridized carbons (Fsp3) is 0.667. The Hall–Kier alpha value is -1.06. The van der Waals surface area contributed by atoms with E-state index in [9.17, 15) is 0 Å². The lowest BCUT2D eigenvalue weighted by atomic mass is 9.84. The van der Waals surface area contributed by atoms with Crippen molar-refractivity contribution in [2.45, 2.75) is 45.2 Å². The second kappa shape index (κ2) is 8.40. The molecule has 0 aliphatic heterocycles. The quantitative estimate of drug-likeness (QED) is 0.779. The van der Waals surface area contributed by atoms with E-state index in [4.69, 9.17) is 4.74 Å². The number of para-hydroxylation sites is 1. The Morgan fingerprint density at radius 3 is 2.76 bits per heavy atom. The Labute approximate surface area is 129 Å². The summed E-state index contributed by atoms with van der Waals surface area (Å²) in [7, 11) is 4.01. The zero-order valence-electron chi connectivity index (χ0n) is 13.8. The average molecular weight is 290 g/mol. The van der Waals surface area contributed by atoms with Gasteiger partial charge in [0.15, 0.2) is 0 Å². The Bertz CT molecular complexity index is 421. The van der Waals surface area contributed by atoms with Crippen LogP contribution in [-0.4, -0.2) is 33.4 Å². The van der Waals surface area contributed by atoms with Crippen LogP contribution in [0.2, 0.25) is 0 Å². The van der Waals surface area contributed by atoms with Crippen molar-refractivity contribution in [3.8, 4) is 0 Å². The first-order valence-electron chi connectivity index (χ1n) is 8.24. The van der Waals surface area contributed by atoms with E-state index in [1.54, 1.807) is 7.11 Å². The molecule has 2 rings (SSSR count). The lowest BCUT2D eigenvalue weighted by Gasteiger charge is -2.38. The Morgan fingerprint density at radius 1 is 1.24 bits per heavy atom. The molecule has 0 saturated heterocycles. The van der Waals surface area contributed by atoms with Crippen molar-refractivity contribution in [2.24, 2.45) is 5.92 Å². The molecule has 21 heavy (non-hydrogen) atoms. The molecular formula is C18H30N2O. The van der Waals surface area contributed by atoms with Gasteiger partial charge in [-0.3, -0.25) is 0 Å². The molecule has 1 aromatic rings. The van der Waals surface area contributed by atoms with Gasteiger partial charge in [-0.25, -0.2) is 0 Å². The van der Waals surface area contributed by atoms with Crippen LogP contribution in [0.3, 0.4) is 0 Å². The van der Waals surface area contributed by atoms with Crippen LogP contribution in [-0.2, 0) is 11.3 Å². The fourth-order valence-electron chi connectivity index (χ4n) is 3.45. The fourth-order valence-corrected chi connectivity index (χ4v) is 3.45. The van der Waals surface area contributed by atoms with Gasteiger partial charge < -0.3 is 15.0 Å². The van der Waals surface area contributed by atoms with Gasteiger partial charge in [-0.05, 0) is 30.4 Å². The van der Waals surface area contributed by atoms with Crippen molar-refractivity contribution < 1.29 is 4.74 Å². The summed E-state index contributed by atoms with van der Waals surface area (Å²) < 4.78 is 5.09. The molecule has 2 unspecified atom stereocenters. The minimum atomic E-state index is 0.680. The third-order valence-electron chi connectivity index (χ3n) is 4.73. The van der Waals surface area contributed by atoms with E-state index in [1.165, 1.54) is 36.9 Å². The van der Waals surface area contributed by atoms with Crippen LogP contribution >= 0.6 is 0 Å². The molecule has 0 spiro atoms. The summed E-state index contributed by atoms with van der Waals surface area (Å²) in [5, 5.41) is 3.46. The average Bonchev–Trinajstić information content (AvgIpc) is 2.52. The number of nitrogens with one attached hydrogen (secondary N) is 1. The lowest BCUT2D eigenvalue weighted by Crippen LogP contribution is -2.39. The van der Waals surface area contributed by atoms with E-state index in [0.29, 0.717) is 6.04 Å². The molecule has 0 amide bonds. The van der Waals surface area contributed by atoms with Crippen molar-refractivity contribution in [3.63, 3.8) is 0 Å². The molecule has 0 aromatic heterocycles. The van der Waals surface area contributed by atoms with Crippen molar-refractivity contribution in [3.05, 3.63) is 29.8 Å². The smallest absolute Gasteiger partial charge is 0.0587 e. The molecule has 1 aliphatic carbocycles. The third-order valence-corrected chi connectivity index (χ3v) is 4.73. The van der Waals surface area contributed by atoms with Crippen LogP contribution in [0.1, 0.15) is 38.2 Å². The first-order chi connectivity index (χ1) is 10.2. The second-order valence-electron chi connectivity index (χ2n) is 6.24. The largest absolute Gasteiger partial charge is 0.383 e. The van der Waals surface area contributed by atoms with Crippen LogP contribution in [0.5, 0.6) is 0 Å². The number of benzene rings is 1. The molecule has 1 aliphatic rings. The molecule has 3 heteroatoms. The SMILES string of the molecule is COCCNCc1ccccc1N(C)C1CCCCC1C. The van der Waals surface area contributed by atoms with Crippen molar-refractivity contribution in [2.75, 3.05) is 32.2 Å². The van der Waals surface area contributed by atoms with Gasteiger partial charge in [-0.1, -0.05) is 38.0 Å². The molecule has 0 radical (unpaired) electrons. The molecule has 0 heterocycles. The normalized spacial score (nSPS) is 22.2. The Kier molecular flexibility index (Phi) is 6.52. The predicted molar refractivity (Wildman–Crippen MR) is 89.8 cm³/mol. The molecular weight excluding hydrogens is 260 g/mol. The van der Waals surface area contributed by atoms with Gasteiger partial charge in [0, 0.05) is 39.0 Å². The summed E-state index contributed by atoms with van der Waals surface area (Å²) in [6.07, 6.45) is 5.45. The molecule has 1 fully saturated rings. The highest BCUT2D eigenvalue weighted by Gasteiger charge is 2.25. The van der Waals surface area contributed by atoms with Gasteiger partial charge in [-0.2, -0.15) is 0 Å². The van der Waals surface area contributed by atoms with E-state index in [-0.39, 0.29) is 0 Å². The number of anilines is 1. The van der Waals surface area contributed by atoms with Crippen LogP contribution < -0.4 is 10.2 Å². The first kappa shape index (κ1) is 16.3. The van der Waals surface area contributed by atoms with Crippen LogP contribution in [0.4, 0.5) is 5.69 Å². The zero-order chi connectivity index (χ0) is 15.1. The highest BCUT2D eigenvalue weighted by Crippen LogP contribution is 2.31. The molecule has 118 valence electrons. The molecule has 0 bridgehead atoms. The van der Waals surface area contributed by atoms with E-state index >= 15 is 0 Å². The van der Waals surface area contributed by atoms with Crippen molar-refractivity contribution in [1.82, 2.24) is 5.32 Å². The standard InChI is InChI=1S/C18H30N2O/c1-15-8-4-6-10-17(15)20(2)18-11-7-5-9-16(18)14-19-12-13-21-3/h5,7,9,11,15,17,19H,4,6,8,10,12-14H2,1-3H3. The van der Waals surface area contributed by atoms with Crippen LogP contribution in [0, 0.1) is 5.92 Å².